The van der Waals surface area contributed by atoms with E-state index in [1.807, 2.05) is 4.90 Å². The summed E-state index contributed by atoms with van der Waals surface area (Å²) in [4.78, 5) is 25.1. The lowest BCUT2D eigenvalue weighted by molar-refractivity contribution is -0.125. The summed E-state index contributed by atoms with van der Waals surface area (Å²) in [6, 6.07) is 17.2. The lowest BCUT2D eigenvalue weighted by Crippen LogP contribution is -2.56. The van der Waals surface area contributed by atoms with Crippen LogP contribution < -0.4 is 0 Å². The molecule has 0 unspecified atom stereocenters. The van der Waals surface area contributed by atoms with Gasteiger partial charge in [0.05, 0.1) is 12.1 Å². The number of amides is 1. The molecule has 0 bridgehead atoms. The second-order valence-electron chi connectivity index (χ2n) is 8.94. The normalized spacial score (nSPS) is 19.3. The van der Waals surface area contributed by atoms with E-state index in [9.17, 15) is 4.79 Å². The second-order valence-corrected chi connectivity index (χ2v) is 8.94. The Labute approximate surface area is 184 Å². The molecular weight excluding hydrogens is 384 g/mol. The quantitative estimate of drug-likeness (QED) is 0.763. The Balaban J connectivity index is 1.41. The number of aryl methyl sites for hydroxylation is 2. The highest BCUT2D eigenvalue weighted by atomic mass is 16.2. The third-order valence-corrected chi connectivity index (χ3v) is 6.49. The molecule has 0 atom stereocenters. The predicted octanol–water partition coefficient (Wildman–Crippen LogP) is 3.87. The van der Waals surface area contributed by atoms with Crippen LogP contribution in [0, 0.1) is 13.8 Å². The van der Waals surface area contributed by atoms with E-state index in [1.165, 1.54) is 22.4 Å². The number of aliphatic imine (C=N–C) groups is 1. The van der Waals surface area contributed by atoms with Crippen LogP contribution >= 0.6 is 0 Å². The van der Waals surface area contributed by atoms with Crippen LogP contribution in [0.15, 0.2) is 64.8 Å². The summed E-state index contributed by atoms with van der Waals surface area (Å²) in [5.41, 5.74) is 7.10. The molecule has 0 saturated heterocycles. The minimum absolute atomic E-state index is 0.126. The molecule has 0 aromatic heterocycles. The molecule has 2 aromatic carbocycles. The van der Waals surface area contributed by atoms with Crippen molar-refractivity contribution in [3.63, 3.8) is 0 Å². The molecular formula is C26H30N4O. The third-order valence-electron chi connectivity index (χ3n) is 6.49. The maximum Gasteiger partial charge on any atom is 0.259 e. The van der Waals surface area contributed by atoms with E-state index in [2.05, 4.69) is 72.2 Å². The highest BCUT2D eigenvalue weighted by molar-refractivity contribution is 6.09. The molecule has 5 nitrogen and oxygen atoms in total. The number of hydrogen-bond donors (Lipinski definition) is 0. The van der Waals surface area contributed by atoms with Crippen LogP contribution in [0.5, 0.6) is 0 Å². The van der Waals surface area contributed by atoms with Gasteiger partial charge in [0.25, 0.3) is 5.91 Å². The van der Waals surface area contributed by atoms with E-state index in [4.69, 9.17) is 4.99 Å². The van der Waals surface area contributed by atoms with Crippen LogP contribution in [-0.2, 0) is 17.9 Å². The van der Waals surface area contributed by atoms with Crippen molar-refractivity contribution in [1.29, 1.82) is 0 Å². The van der Waals surface area contributed by atoms with Gasteiger partial charge in [0.1, 0.15) is 0 Å². The minimum atomic E-state index is 0.126. The van der Waals surface area contributed by atoms with Gasteiger partial charge < -0.3 is 4.90 Å². The Hall–Kier alpha value is -2.92. The van der Waals surface area contributed by atoms with Crippen molar-refractivity contribution in [3.05, 3.63) is 82.1 Å². The zero-order valence-electron chi connectivity index (χ0n) is 18.5. The number of hydrogen-bond acceptors (Lipinski definition) is 4. The Bertz CT molecular complexity index is 1040. The van der Waals surface area contributed by atoms with Gasteiger partial charge in [-0.1, -0.05) is 59.7 Å². The molecule has 5 heteroatoms. The Kier molecular flexibility index (Phi) is 5.36. The van der Waals surface area contributed by atoms with E-state index >= 15 is 0 Å². The summed E-state index contributed by atoms with van der Waals surface area (Å²) < 4.78 is 0. The minimum Gasteiger partial charge on any atom is -0.315 e. The van der Waals surface area contributed by atoms with Crippen molar-refractivity contribution in [1.82, 2.24) is 14.7 Å². The number of rotatable bonds is 4. The molecule has 31 heavy (non-hydrogen) atoms. The standard InChI is InChI=1S/C26H30N4O/c1-19-4-8-21(9-5-19)16-28-15-12-24-23(18-28)25(31)30(26-27-13-3-14-29(24)26)17-22-10-6-20(2)7-11-22/h4-11H,3,12-18H2,1-2H3. The summed E-state index contributed by atoms with van der Waals surface area (Å²) in [6.07, 6.45) is 1.95. The van der Waals surface area contributed by atoms with Gasteiger partial charge >= 0.3 is 0 Å². The van der Waals surface area contributed by atoms with E-state index < -0.39 is 0 Å². The van der Waals surface area contributed by atoms with Crippen molar-refractivity contribution in [2.45, 2.75) is 39.8 Å². The average molecular weight is 415 g/mol. The summed E-state index contributed by atoms with van der Waals surface area (Å²) >= 11 is 0. The van der Waals surface area contributed by atoms with Crippen LogP contribution in [0.1, 0.15) is 35.1 Å². The van der Waals surface area contributed by atoms with Crippen molar-refractivity contribution in [2.24, 2.45) is 4.99 Å². The molecule has 0 fully saturated rings. The number of guanidine groups is 1. The Morgan fingerprint density at radius 2 is 1.52 bits per heavy atom. The molecule has 5 rings (SSSR count). The first-order valence-electron chi connectivity index (χ1n) is 11.3. The molecule has 0 N–H and O–H groups in total. The van der Waals surface area contributed by atoms with Crippen molar-refractivity contribution >= 4 is 11.9 Å². The maximum atomic E-state index is 13.7. The summed E-state index contributed by atoms with van der Waals surface area (Å²) in [5, 5.41) is 0. The highest BCUT2D eigenvalue weighted by Crippen LogP contribution is 2.32. The van der Waals surface area contributed by atoms with Crippen molar-refractivity contribution in [2.75, 3.05) is 26.2 Å². The largest absolute Gasteiger partial charge is 0.315 e. The monoisotopic (exact) mass is 414 g/mol. The number of nitrogens with zero attached hydrogens (tertiary/aromatic N) is 4. The molecule has 3 aliphatic heterocycles. The summed E-state index contributed by atoms with van der Waals surface area (Å²) in [7, 11) is 0. The number of carbonyl (C=O) groups is 1. The first kappa shape index (κ1) is 20.0. The first-order chi connectivity index (χ1) is 15.1. The Morgan fingerprint density at radius 3 is 2.19 bits per heavy atom. The van der Waals surface area contributed by atoms with Gasteiger partial charge in [-0.05, 0) is 31.4 Å². The lowest BCUT2D eigenvalue weighted by atomic mass is 9.99. The second kappa shape index (κ2) is 8.31. The summed E-state index contributed by atoms with van der Waals surface area (Å²) in [6.45, 7) is 9.08. The fraction of sp³-hybridized carbons (Fsp3) is 0.385. The van der Waals surface area contributed by atoms with Crippen LogP contribution in [0.25, 0.3) is 0 Å². The van der Waals surface area contributed by atoms with Crippen LogP contribution in [0.3, 0.4) is 0 Å². The number of fused-ring (bicyclic) bond motifs is 2. The number of carbonyl (C=O) groups excluding carboxylic acids is 1. The molecule has 160 valence electrons. The molecule has 0 aliphatic carbocycles. The summed E-state index contributed by atoms with van der Waals surface area (Å²) in [5.74, 6) is 0.976. The smallest absolute Gasteiger partial charge is 0.259 e. The maximum absolute atomic E-state index is 13.7. The van der Waals surface area contributed by atoms with Crippen LogP contribution in [0.2, 0.25) is 0 Å². The topological polar surface area (TPSA) is 39.2 Å². The van der Waals surface area contributed by atoms with Gasteiger partial charge in [0.15, 0.2) is 0 Å². The van der Waals surface area contributed by atoms with Crippen LogP contribution in [0.4, 0.5) is 0 Å². The average Bonchev–Trinajstić information content (AvgIpc) is 2.79. The van der Waals surface area contributed by atoms with Crippen molar-refractivity contribution in [3.8, 4) is 0 Å². The van der Waals surface area contributed by atoms with Gasteiger partial charge in [0, 0.05) is 44.8 Å². The van der Waals surface area contributed by atoms with Gasteiger partial charge in [-0.3, -0.25) is 19.6 Å². The third kappa shape index (κ3) is 4.02. The van der Waals surface area contributed by atoms with Gasteiger partial charge in [-0.15, -0.1) is 0 Å². The van der Waals surface area contributed by atoms with E-state index in [0.29, 0.717) is 13.1 Å². The molecule has 0 radical (unpaired) electrons. The Morgan fingerprint density at radius 1 is 0.871 bits per heavy atom. The van der Waals surface area contributed by atoms with Gasteiger partial charge in [0.2, 0.25) is 5.96 Å². The van der Waals surface area contributed by atoms with E-state index in [1.54, 1.807) is 0 Å². The zero-order chi connectivity index (χ0) is 21.4. The zero-order valence-corrected chi connectivity index (χ0v) is 18.5. The predicted molar refractivity (Wildman–Crippen MR) is 123 cm³/mol. The van der Waals surface area contributed by atoms with Gasteiger partial charge in [-0.2, -0.15) is 0 Å². The molecule has 2 aromatic rings. The fourth-order valence-corrected chi connectivity index (χ4v) is 4.74. The SMILES string of the molecule is Cc1ccc(CN2CCC3=C(C2)C(=O)N(Cc2ccc(C)cc2)C2=NCCCN23)cc1. The first-order valence-corrected chi connectivity index (χ1v) is 11.3. The van der Waals surface area contributed by atoms with Crippen molar-refractivity contribution < 1.29 is 4.79 Å². The van der Waals surface area contributed by atoms with E-state index in [0.717, 1.165) is 56.1 Å². The molecule has 0 saturated carbocycles. The molecule has 1 amide bonds. The van der Waals surface area contributed by atoms with Gasteiger partial charge in [-0.25, -0.2) is 0 Å². The number of benzene rings is 2. The molecule has 3 aliphatic rings. The highest BCUT2D eigenvalue weighted by Gasteiger charge is 2.40. The van der Waals surface area contributed by atoms with Crippen LogP contribution in [-0.4, -0.2) is 52.7 Å². The molecule has 0 spiro atoms. The lowest BCUT2D eigenvalue weighted by Gasteiger charge is -2.45. The molecule has 3 heterocycles. The van der Waals surface area contributed by atoms with E-state index in [-0.39, 0.29) is 5.91 Å². The fourth-order valence-electron chi connectivity index (χ4n) is 4.74.